The van der Waals surface area contributed by atoms with Crippen molar-refractivity contribution in [2.75, 3.05) is 0 Å². The van der Waals surface area contributed by atoms with E-state index in [2.05, 4.69) is 7.58 Å². The highest BCUT2D eigenvalue weighted by Gasteiger charge is 2.08. The summed E-state index contributed by atoms with van der Waals surface area (Å²) in [5.41, 5.74) is 0. The van der Waals surface area contributed by atoms with Gasteiger partial charge in [0.15, 0.2) is 0 Å². The Morgan fingerprint density at radius 2 is 0.917 bits per heavy atom. The van der Waals surface area contributed by atoms with E-state index in [0.717, 1.165) is 0 Å². The van der Waals surface area contributed by atoms with Gasteiger partial charge in [-0.2, -0.15) is 0 Å². The average Bonchev–Trinajstić information content (AvgIpc) is 1.84. The number of hydrogen-bond donors (Lipinski definition) is 0. The van der Waals surface area contributed by atoms with Crippen LogP contribution in [-0.4, -0.2) is 67.1 Å². The van der Waals surface area contributed by atoms with Gasteiger partial charge in [0.25, 0.3) is 0 Å². The third-order valence-electron chi connectivity index (χ3n) is 0.381. The second-order valence-electron chi connectivity index (χ2n) is 0.811. The Balaban J connectivity index is -0.0000000408. The lowest BCUT2D eigenvalue weighted by molar-refractivity contribution is -0.155. The van der Waals surface area contributed by atoms with Gasteiger partial charge < -0.3 is 29.5 Å². The maximum Gasteiger partial charge on any atom is 0.485 e. The van der Waals surface area contributed by atoms with Crippen molar-refractivity contribution in [3.8, 4) is 0 Å². The van der Waals surface area contributed by atoms with Crippen LogP contribution in [0.15, 0.2) is 0 Å². The molecule has 0 heterocycles. The summed E-state index contributed by atoms with van der Waals surface area (Å²) in [5.74, 6) is -2.07. The van der Waals surface area contributed by atoms with E-state index in [1.807, 2.05) is 0 Å². The molecule has 0 bridgehead atoms. The van der Waals surface area contributed by atoms with E-state index in [1.54, 1.807) is 33.2 Å². The maximum atomic E-state index is 10.0. The number of carbonyl (C=O) groups excluding carboxylic acids is 2. The highest BCUT2D eigenvalue weighted by Crippen LogP contribution is 1.74. The Labute approximate surface area is 84.6 Å². The van der Waals surface area contributed by atoms with E-state index in [4.69, 9.17) is 0 Å². The third-order valence-corrected chi connectivity index (χ3v) is 0.809. The molecule has 0 aliphatic carbocycles. The summed E-state index contributed by atoms with van der Waals surface area (Å²) < 4.78 is 7.79. The van der Waals surface area contributed by atoms with Crippen molar-refractivity contribution in [2.45, 2.75) is 0 Å². The highest BCUT2D eigenvalue weighted by atomic mass is 27.1. The molecule has 10 heteroatoms. The summed E-state index contributed by atoms with van der Waals surface area (Å²) in [4.78, 5) is 20.0. The normalized spacial score (nSPS) is 5.00. The molecular formula is C2H8Al2O8. The second kappa shape index (κ2) is 17.1. The zero-order valence-corrected chi connectivity index (χ0v) is 8.10. The van der Waals surface area contributed by atoms with Gasteiger partial charge in [-0.3, -0.25) is 0 Å². The van der Waals surface area contributed by atoms with Crippen LogP contribution in [0.1, 0.15) is 0 Å². The van der Waals surface area contributed by atoms with Crippen LogP contribution in [0.2, 0.25) is 0 Å². The fraction of sp³-hybridized carbons (Fsp3) is 0. The first-order chi connectivity index (χ1) is 3.72. The minimum Gasteiger partial charge on any atom is -0.620 e. The van der Waals surface area contributed by atoms with Crippen LogP contribution in [0.5, 0.6) is 0 Å². The fourth-order valence-electron chi connectivity index (χ4n) is 0.0962. The third kappa shape index (κ3) is 12.5. The summed E-state index contributed by atoms with van der Waals surface area (Å²) >= 11 is 3.26. The van der Waals surface area contributed by atoms with E-state index < -0.39 is 11.9 Å². The Kier molecular flexibility index (Phi) is 42.3. The van der Waals surface area contributed by atoms with Crippen LogP contribution in [0, 0.1) is 0 Å². The molecule has 0 atom stereocenters. The lowest BCUT2D eigenvalue weighted by atomic mass is 10.7. The Hall–Kier alpha value is -0.155. The molecule has 70 valence electrons. The molecule has 0 aliphatic heterocycles. The molecule has 0 aromatic heterocycles. The second-order valence-corrected chi connectivity index (χ2v) is 1.28. The van der Waals surface area contributed by atoms with Crippen molar-refractivity contribution in [1.82, 2.24) is 0 Å². The van der Waals surface area contributed by atoms with Crippen molar-refractivity contribution < 1.29 is 39.1 Å². The Morgan fingerprint density at radius 1 is 0.750 bits per heavy atom. The zero-order valence-electron chi connectivity index (χ0n) is 5.79. The molecule has 0 saturated heterocycles. The molecule has 0 aliphatic rings. The molecule has 8 N–H and O–H groups in total. The van der Waals surface area contributed by atoms with Gasteiger partial charge in [-0.05, 0) is 0 Å². The van der Waals surface area contributed by atoms with Crippen LogP contribution >= 0.6 is 0 Å². The van der Waals surface area contributed by atoms with Crippen molar-refractivity contribution >= 4 is 45.2 Å². The summed E-state index contributed by atoms with van der Waals surface area (Å²) in [6.07, 6.45) is 0. The molecule has 0 spiro atoms. The fourth-order valence-corrected chi connectivity index (χ4v) is 0.289. The molecule has 4 radical (unpaired) electrons. The van der Waals surface area contributed by atoms with Gasteiger partial charge in [0, 0.05) is 0 Å². The number of rotatable bonds is 0. The minimum atomic E-state index is -1.04. The smallest absolute Gasteiger partial charge is 0.485 e. The summed E-state index contributed by atoms with van der Waals surface area (Å²) in [7, 11) is 0. The largest absolute Gasteiger partial charge is 0.620 e. The molecular weight excluding hydrogens is 206 g/mol. The molecule has 0 fully saturated rings. The molecule has 0 unspecified atom stereocenters. The standard InChI is InChI=1S/C2H2O4.2Al.4H2O/c3-1(4)2(5)6;;;;;;/h(H,3,4)(H,5,6);;;4*1H2/q;2*+1;;;;/p-2. The Morgan fingerprint density at radius 3 is 1.00 bits per heavy atom. The predicted molar refractivity (Wildman–Crippen MR) is 38.1 cm³/mol. The van der Waals surface area contributed by atoms with Gasteiger partial charge in [0.1, 0.15) is 0 Å². The van der Waals surface area contributed by atoms with Crippen molar-refractivity contribution in [1.29, 1.82) is 0 Å². The average molecular weight is 214 g/mol. The molecule has 0 saturated carbocycles. The summed E-state index contributed by atoms with van der Waals surface area (Å²) in [5, 5.41) is 0. The minimum absolute atomic E-state index is 0. The molecule has 0 amide bonds. The lowest BCUT2D eigenvalue weighted by Crippen LogP contribution is -2.17. The van der Waals surface area contributed by atoms with Gasteiger partial charge in [-0.1, -0.05) is 0 Å². The van der Waals surface area contributed by atoms with Gasteiger partial charge in [-0.15, -0.1) is 0 Å². The number of carbonyl (C=O) groups is 2. The van der Waals surface area contributed by atoms with Crippen molar-refractivity contribution in [2.24, 2.45) is 0 Å². The lowest BCUT2D eigenvalue weighted by Gasteiger charge is -1.97. The van der Waals surface area contributed by atoms with Crippen LogP contribution in [0.3, 0.4) is 0 Å². The van der Waals surface area contributed by atoms with Crippen LogP contribution < -0.4 is 0 Å². The van der Waals surface area contributed by atoms with Crippen molar-refractivity contribution in [3.63, 3.8) is 0 Å². The first kappa shape index (κ1) is 29.7. The van der Waals surface area contributed by atoms with Gasteiger partial charge in [0.05, 0.1) is 0 Å². The van der Waals surface area contributed by atoms with Crippen LogP contribution in [0.25, 0.3) is 0 Å². The monoisotopic (exact) mass is 214 g/mol. The molecule has 0 aromatic carbocycles. The maximum absolute atomic E-state index is 10.0. The van der Waals surface area contributed by atoms with E-state index in [9.17, 15) is 9.59 Å². The SMILES string of the molecule is O.O.O.O.O=C([O][Al])C(=O)[O][Al]. The predicted octanol–water partition coefficient (Wildman–Crippen LogP) is -5.06. The van der Waals surface area contributed by atoms with Crippen LogP contribution in [0.4, 0.5) is 0 Å². The quantitative estimate of drug-likeness (QED) is 0.289. The van der Waals surface area contributed by atoms with Gasteiger partial charge in [0.2, 0.25) is 0 Å². The number of hydrogen-bond acceptors (Lipinski definition) is 4. The van der Waals surface area contributed by atoms with Crippen LogP contribution in [-0.2, 0) is 17.2 Å². The highest BCUT2D eigenvalue weighted by molar-refractivity contribution is 6.36. The Bertz CT molecular complexity index is 99.6. The van der Waals surface area contributed by atoms with E-state index in [0.29, 0.717) is 0 Å². The zero-order chi connectivity index (χ0) is 6.57. The van der Waals surface area contributed by atoms with Gasteiger partial charge >= 0.3 is 45.2 Å². The first-order valence-electron chi connectivity index (χ1n) is 1.54. The summed E-state index contributed by atoms with van der Waals surface area (Å²) in [6, 6.07) is 0. The van der Waals surface area contributed by atoms with E-state index >= 15 is 0 Å². The summed E-state index contributed by atoms with van der Waals surface area (Å²) in [6.45, 7) is 0. The van der Waals surface area contributed by atoms with Crippen molar-refractivity contribution in [3.05, 3.63) is 0 Å². The topological polar surface area (TPSA) is 179 Å². The van der Waals surface area contributed by atoms with E-state index in [-0.39, 0.29) is 21.9 Å². The van der Waals surface area contributed by atoms with E-state index in [1.165, 1.54) is 0 Å². The van der Waals surface area contributed by atoms with Gasteiger partial charge in [-0.25, -0.2) is 9.59 Å². The molecule has 12 heavy (non-hydrogen) atoms. The molecule has 0 rings (SSSR count). The molecule has 8 nitrogen and oxygen atoms in total. The first-order valence-corrected chi connectivity index (χ1v) is 2.48. The molecule has 0 aromatic rings.